The van der Waals surface area contributed by atoms with Crippen LogP contribution in [0.1, 0.15) is 128 Å². The zero-order chi connectivity index (χ0) is 51.0. The molecule has 17 rings (SSSR count). The lowest BCUT2D eigenvalue weighted by molar-refractivity contribution is -0.171. The van der Waals surface area contributed by atoms with Crippen LogP contribution in [-0.4, -0.2) is 57.7 Å². The fraction of sp³-hybridized carbons (Fsp3) is 0.500. The highest BCUT2D eigenvalue weighted by molar-refractivity contribution is 6.09. The van der Waals surface area contributed by atoms with Gasteiger partial charge in [0.25, 0.3) is 0 Å². The van der Waals surface area contributed by atoms with Crippen LogP contribution in [0.4, 0.5) is 11.4 Å². The van der Waals surface area contributed by atoms with Gasteiger partial charge in [0.05, 0.1) is 48.6 Å². The Balaban J connectivity index is 0.836. The van der Waals surface area contributed by atoms with Crippen LogP contribution in [0.25, 0.3) is 43.6 Å². The van der Waals surface area contributed by atoms with Gasteiger partial charge in [0.15, 0.2) is 0 Å². The number of rotatable bonds is 4. The number of ether oxygens (including phenoxy) is 2. The Morgan fingerprint density at radius 2 is 0.603 bits per heavy atom. The van der Waals surface area contributed by atoms with E-state index in [-0.39, 0.29) is 12.2 Å². The smallest absolute Gasteiger partial charge is 0.0786 e. The van der Waals surface area contributed by atoms with Gasteiger partial charge in [-0.05, 0) is 186 Å². The Morgan fingerprint density at radius 3 is 1.00 bits per heavy atom. The Morgan fingerprint density at radius 1 is 0.269 bits per heavy atom. The first kappa shape index (κ1) is 47.3. The molecule has 2 aromatic heterocycles. The summed E-state index contributed by atoms with van der Waals surface area (Å²) in [6.45, 7) is 0. The van der Waals surface area contributed by atoms with Crippen LogP contribution in [0.3, 0.4) is 0 Å². The van der Waals surface area contributed by atoms with Crippen LogP contribution >= 0.6 is 0 Å². The van der Waals surface area contributed by atoms with Gasteiger partial charge in [-0.2, -0.15) is 0 Å². The number of hydrogen-bond donors (Lipinski definition) is 0. The molecule has 9 fully saturated rings. The molecule has 7 aliphatic carbocycles. The van der Waals surface area contributed by atoms with E-state index in [4.69, 9.17) is 9.47 Å². The maximum absolute atomic E-state index is 7.75. The summed E-state index contributed by atoms with van der Waals surface area (Å²) in [5.74, 6) is 5.23. The van der Waals surface area contributed by atoms with Crippen molar-refractivity contribution in [2.45, 2.75) is 176 Å². The number of morpholine rings is 2. The van der Waals surface area contributed by atoms with E-state index in [1.165, 1.54) is 171 Å². The molecule has 78 heavy (non-hydrogen) atoms. The van der Waals surface area contributed by atoms with Crippen molar-refractivity contribution in [3.63, 3.8) is 0 Å². The highest BCUT2D eigenvalue weighted by atomic mass is 16.5. The summed E-state index contributed by atoms with van der Waals surface area (Å²) in [5, 5.41) is 5.69. The summed E-state index contributed by atoms with van der Waals surface area (Å²) < 4.78 is 21.2. The minimum Gasteiger partial charge on any atom is -0.371 e. The number of nitrogens with zero attached hydrogens (tertiary/aromatic N) is 4. The largest absolute Gasteiger partial charge is 0.371 e. The van der Waals surface area contributed by atoms with Crippen molar-refractivity contribution in [1.29, 1.82) is 0 Å². The van der Waals surface area contributed by atoms with Gasteiger partial charge in [0.1, 0.15) is 0 Å². The number of benzene rings is 6. The quantitative estimate of drug-likeness (QED) is 0.165. The average molecular weight is 1030 g/mol. The second-order valence-corrected chi connectivity index (χ2v) is 26.7. The molecule has 0 N–H and O–H groups in total. The number of para-hydroxylation sites is 6. The third kappa shape index (κ3) is 7.39. The lowest BCUT2D eigenvalue weighted by Crippen LogP contribution is -2.67. The summed E-state index contributed by atoms with van der Waals surface area (Å²) in [6, 6.07) is 63.8. The molecule has 6 nitrogen and oxygen atoms in total. The van der Waals surface area contributed by atoms with Crippen LogP contribution < -0.4 is 9.80 Å². The fourth-order valence-corrected chi connectivity index (χ4v) is 20.9. The van der Waals surface area contributed by atoms with Gasteiger partial charge < -0.3 is 28.4 Å². The lowest BCUT2D eigenvalue weighted by Gasteiger charge is -2.64. The topological polar surface area (TPSA) is 34.8 Å². The Kier molecular flexibility index (Phi) is 11.5. The molecule has 2 aliphatic heterocycles. The SMILES string of the molecule is c1ccc(N2C3CCCCC3OC3CC4C5CCC(n6c7ccccc7c7ccccc76)CC5C5CC6C(CC5C5CCC(n7c8ccccc8c8ccccc87)CC5C4CC32)OC2CCCCC2N6c2ccccc2)cc1. The second kappa shape index (κ2) is 19.0. The van der Waals surface area contributed by atoms with Crippen molar-refractivity contribution in [3.05, 3.63) is 158 Å². The monoisotopic (exact) mass is 1030 g/mol. The van der Waals surface area contributed by atoms with Crippen molar-refractivity contribution in [2.75, 3.05) is 9.80 Å². The van der Waals surface area contributed by atoms with E-state index in [0.717, 1.165) is 0 Å². The molecular formula is C72H80N4O2. The summed E-state index contributed by atoms with van der Waals surface area (Å²) in [5.41, 5.74) is 8.64. The molecule has 6 heteroatoms. The number of hydrogen-bond acceptors (Lipinski definition) is 4. The maximum atomic E-state index is 7.75. The van der Waals surface area contributed by atoms with E-state index in [9.17, 15) is 0 Å². The minimum absolute atomic E-state index is 0.270. The van der Waals surface area contributed by atoms with E-state index in [2.05, 4.69) is 177 Å². The van der Waals surface area contributed by atoms with E-state index in [1.807, 2.05) is 0 Å². The van der Waals surface area contributed by atoms with Crippen LogP contribution in [0.2, 0.25) is 0 Å². The number of fused-ring (bicyclic) bond motifs is 18. The zero-order valence-corrected chi connectivity index (χ0v) is 45.7. The normalized spacial score (nSPS) is 37.4. The maximum Gasteiger partial charge on any atom is 0.0786 e. The highest BCUT2D eigenvalue weighted by Gasteiger charge is 2.61. The molecule has 18 unspecified atom stereocenters. The van der Waals surface area contributed by atoms with E-state index < -0.39 is 0 Å². The predicted molar refractivity (Wildman–Crippen MR) is 318 cm³/mol. The van der Waals surface area contributed by atoms with Gasteiger partial charge in [-0.15, -0.1) is 0 Å². The van der Waals surface area contributed by atoms with Crippen LogP contribution in [0, 0.1) is 47.3 Å². The molecule has 9 aliphatic rings. The Bertz CT molecular complexity index is 3140. The van der Waals surface area contributed by atoms with Crippen LogP contribution in [-0.2, 0) is 9.47 Å². The van der Waals surface area contributed by atoms with Crippen molar-refractivity contribution in [3.8, 4) is 0 Å². The molecule has 0 amide bonds. The van der Waals surface area contributed by atoms with Crippen molar-refractivity contribution in [1.82, 2.24) is 9.13 Å². The Hall–Kier alpha value is -5.56. The summed E-state index contributed by atoms with van der Waals surface area (Å²) in [7, 11) is 0. The third-order valence-electron chi connectivity index (χ3n) is 23.6. The van der Waals surface area contributed by atoms with Crippen LogP contribution in [0.15, 0.2) is 158 Å². The first-order valence-corrected chi connectivity index (χ1v) is 31.6. The van der Waals surface area contributed by atoms with Gasteiger partial charge in [0, 0.05) is 67.1 Å². The minimum atomic E-state index is 0.270. The summed E-state index contributed by atoms with van der Waals surface area (Å²) >= 11 is 0. The van der Waals surface area contributed by atoms with Crippen molar-refractivity contribution in [2.24, 2.45) is 47.3 Å². The third-order valence-corrected chi connectivity index (χ3v) is 23.6. The van der Waals surface area contributed by atoms with Crippen molar-refractivity contribution < 1.29 is 9.47 Å². The summed E-state index contributed by atoms with van der Waals surface area (Å²) in [6.07, 6.45) is 24.0. The van der Waals surface area contributed by atoms with Crippen LogP contribution in [0.5, 0.6) is 0 Å². The molecule has 6 aromatic carbocycles. The molecule has 2 saturated heterocycles. The van der Waals surface area contributed by atoms with E-state index in [0.29, 0.717) is 95.8 Å². The molecule has 0 radical (unpaired) electrons. The van der Waals surface area contributed by atoms with Gasteiger partial charge >= 0.3 is 0 Å². The van der Waals surface area contributed by atoms with E-state index >= 15 is 0 Å². The Labute approximate surface area is 462 Å². The first-order valence-electron chi connectivity index (χ1n) is 31.6. The zero-order valence-electron chi connectivity index (χ0n) is 45.7. The summed E-state index contributed by atoms with van der Waals surface area (Å²) in [4.78, 5) is 6.02. The van der Waals surface area contributed by atoms with Gasteiger partial charge in [-0.1, -0.05) is 135 Å². The molecule has 0 bridgehead atoms. The van der Waals surface area contributed by atoms with Gasteiger partial charge in [-0.3, -0.25) is 0 Å². The van der Waals surface area contributed by atoms with Crippen molar-refractivity contribution >= 4 is 55.0 Å². The molecule has 4 heterocycles. The molecule has 8 aromatic rings. The highest BCUT2D eigenvalue weighted by Crippen LogP contribution is 2.65. The fourth-order valence-electron chi connectivity index (χ4n) is 20.9. The average Bonchev–Trinajstić information content (AvgIpc) is 4.17. The first-order chi connectivity index (χ1) is 38.7. The molecule has 18 atom stereocenters. The van der Waals surface area contributed by atoms with Gasteiger partial charge in [0.2, 0.25) is 0 Å². The van der Waals surface area contributed by atoms with Gasteiger partial charge in [-0.25, -0.2) is 0 Å². The number of aromatic nitrogens is 2. The standard InChI is InChI=1S/C72H80N4O2/c1-3-19-45(20-4-1)73-65-31-15-17-33-69(65)77-71-43-59-50-38-36-48(76-63-29-13-9-25-53(63)54-26-10-14-30-64(54)76)40-56(50)58-42-68-72(78-70-34-18-16-32-66(70)74(68)46-21-5-2-6-22-46)44-60(58)49-37-35-47(39-55(49)57(59)41-67(71)73)75-61-27-11-7-23-51(61)52-24-8-12-28-62(52)75/h1-14,19-30,47-50,55-60,65-72H,15-18,31-44H2. The lowest BCUT2D eigenvalue weighted by atomic mass is 9.46. The number of anilines is 2. The van der Waals surface area contributed by atoms with E-state index in [1.54, 1.807) is 0 Å². The molecule has 0 spiro atoms. The second-order valence-electron chi connectivity index (χ2n) is 26.7. The predicted octanol–water partition coefficient (Wildman–Crippen LogP) is 16.8. The molecular weight excluding hydrogens is 953 g/mol. The molecule has 400 valence electrons. The molecule has 7 saturated carbocycles.